The quantitative estimate of drug-likeness (QED) is 0.652. The van der Waals surface area contributed by atoms with Crippen LogP contribution in [0.5, 0.6) is 5.75 Å². The van der Waals surface area contributed by atoms with Gasteiger partial charge in [-0.1, -0.05) is 22.0 Å². The molecule has 6 heteroatoms. The van der Waals surface area contributed by atoms with Gasteiger partial charge >= 0.3 is 0 Å². The average Bonchev–Trinajstić information content (AvgIpc) is 2.60. The van der Waals surface area contributed by atoms with Crippen LogP contribution in [0.4, 0.5) is 8.78 Å². The molecule has 0 spiro atoms. The predicted molar refractivity (Wildman–Crippen MR) is 97.3 cm³/mol. The smallest absolute Gasteiger partial charge is 0.246 e. The van der Waals surface area contributed by atoms with E-state index < -0.39 is 17.7 Å². The summed E-state index contributed by atoms with van der Waals surface area (Å²) in [5, 5.41) is 0. The maximum absolute atomic E-state index is 13.4. The maximum Gasteiger partial charge on any atom is 0.246 e. The van der Waals surface area contributed by atoms with Gasteiger partial charge in [0.05, 0.1) is 13.2 Å². The van der Waals surface area contributed by atoms with Crippen molar-refractivity contribution >= 4 is 27.9 Å². The van der Waals surface area contributed by atoms with Crippen LogP contribution in [-0.4, -0.2) is 25.0 Å². The Bertz CT molecular complexity index is 808. The average molecular weight is 410 g/mol. The van der Waals surface area contributed by atoms with Crippen LogP contribution >= 0.6 is 15.9 Å². The first-order chi connectivity index (χ1) is 11.8. The minimum atomic E-state index is -0.931. The zero-order chi connectivity index (χ0) is 18.6. The first-order valence-electron chi connectivity index (χ1n) is 7.57. The molecule has 0 aliphatic carbocycles. The molecule has 2 rings (SSSR count). The Hall–Kier alpha value is -2.21. The summed E-state index contributed by atoms with van der Waals surface area (Å²) in [6.45, 7) is 1.75. The number of carbonyl (C=O) groups excluding carboxylic acids is 1. The summed E-state index contributed by atoms with van der Waals surface area (Å²) in [5.41, 5.74) is 1.27. The number of carbonyl (C=O) groups is 1. The molecule has 0 bridgehead atoms. The van der Waals surface area contributed by atoms with Crippen LogP contribution < -0.4 is 4.74 Å². The van der Waals surface area contributed by atoms with Gasteiger partial charge in [0.2, 0.25) is 5.91 Å². The molecule has 0 heterocycles. The van der Waals surface area contributed by atoms with Crippen molar-refractivity contribution in [2.24, 2.45) is 0 Å². The Labute approximate surface area is 154 Å². The van der Waals surface area contributed by atoms with E-state index in [-0.39, 0.29) is 5.91 Å². The third-order valence-electron chi connectivity index (χ3n) is 3.95. The number of halogens is 3. The molecule has 1 atom stereocenters. The normalized spacial score (nSPS) is 12.2. The fraction of sp³-hybridized carbons (Fsp3) is 0.211. The Balaban J connectivity index is 2.16. The molecule has 1 unspecified atom stereocenters. The minimum Gasteiger partial charge on any atom is -0.496 e. The molecule has 0 N–H and O–H groups in total. The molecule has 25 heavy (non-hydrogen) atoms. The second-order valence-corrected chi connectivity index (χ2v) is 6.43. The molecule has 0 fully saturated rings. The number of hydrogen-bond acceptors (Lipinski definition) is 2. The highest BCUT2D eigenvalue weighted by molar-refractivity contribution is 9.10. The molecule has 3 nitrogen and oxygen atoms in total. The zero-order valence-corrected chi connectivity index (χ0v) is 15.7. The molecule has 0 saturated heterocycles. The lowest BCUT2D eigenvalue weighted by molar-refractivity contribution is -0.126. The summed E-state index contributed by atoms with van der Waals surface area (Å²) in [6.07, 6.45) is 3.07. The number of likely N-dealkylation sites (N-methyl/N-ethyl adjacent to an activating group) is 1. The van der Waals surface area contributed by atoms with Crippen LogP contribution in [0.1, 0.15) is 24.1 Å². The van der Waals surface area contributed by atoms with Crippen molar-refractivity contribution in [1.29, 1.82) is 0 Å². The van der Waals surface area contributed by atoms with E-state index in [9.17, 15) is 13.6 Å². The summed E-state index contributed by atoms with van der Waals surface area (Å²) in [5.74, 6) is -1.46. The van der Waals surface area contributed by atoms with Gasteiger partial charge in [0, 0.05) is 23.2 Å². The Morgan fingerprint density at radius 1 is 1.20 bits per heavy atom. The van der Waals surface area contributed by atoms with Gasteiger partial charge in [0.15, 0.2) is 11.6 Å². The molecule has 1 amide bonds. The number of amides is 1. The summed E-state index contributed by atoms with van der Waals surface area (Å²) in [6, 6.07) is 8.69. The lowest BCUT2D eigenvalue weighted by atomic mass is 10.1. The molecule has 132 valence electrons. The number of benzene rings is 2. The number of methoxy groups -OCH3 is 1. The van der Waals surface area contributed by atoms with E-state index >= 15 is 0 Å². The van der Waals surface area contributed by atoms with Crippen LogP contribution in [0.2, 0.25) is 0 Å². The van der Waals surface area contributed by atoms with Crippen molar-refractivity contribution in [2.75, 3.05) is 14.2 Å². The topological polar surface area (TPSA) is 29.5 Å². The Kier molecular flexibility index (Phi) is 6.31. The van der Waals surface area contributed by atoms with Gasteiger partial charge in [-0.2, -0.15) is 0 Å². The molecule has 2 aromatic rings. The third kappa shape index (κ3) is 4.66. The van der Waals surface area contributed by atoms with E-state index in [4.69, 9.17) is 4.74 Å². The maximum atomic E-state index is 13.4. The Morgan fingerprint density at radius 2 is 1.92 bits per heavy atom. The molecule has 0 saturated carbocycles. The van der Waals surface area contributed by atoms with Crippen molar-refractivity contribution in [3.63, 3.8) is 0 Å². The Morgan fingerprint density at radius 3 is 2.56 bits per heavy atom. The number of hydrogen-bond donors (Lipinski definition) is 0. The molecular formula is C19H18BrF2NO2. The van der Waals surface area contributed by atoms with Crippen LogP contribution in [-0.2, 0) is 4.79 Å². The predicted octanol–water partition coefficient (Wildman–Crippen LogP) is 4.97. The number of nitrogens with zero attached hydrogens (tertiary/aromatic N) is 1. The molecule has 0 aliphatic rings. The highest BCUT2D eigenvalue weighted by atomic mass is 79.9. The fourth-order valence-corrected chi connectivity index (χ4v) is 2.68. The lowest BCUT2D eigenvalue weighted by Gasteiger charge is -2.24. The largest absolute Gasteiger partial charge is 0.496 e. The molecule has 0 aromatic heterocycles. The van der Waals surface area contributed by atoms with Gasteiger partial charge in [-0.05, 0) is 48.9 Å². The highest BCUT2D eigenvalue weighted by Gasteiger charge is 2.17. The van der Waals surface area contributed by atoms with Crippen LogP contribution in [0, 0.1) is 11.6 Å². The van der Waals surface area contributed by atoms with Crippen molar-refractivity contribution in [2.45, 2.75) is 13.0 Å². The number of ether oxygens (including phenoxy) is 1. The summed E-state index contributed by atoms with van der Waals surface area (Å²) >= 11 is 3.38. The van der Waals surface area contributed by atoms with E-state index in [0.29, 0.717) is 11.3 Å². The molecule has 2 aromatic carbocycles. The van der Waals surface area contributed by atoms with E-state index in [1.165, 1.54) is 17.0 Å². The van der Waals surface area contributed by atoms with Crippen LogP contribution in [0.25, 0.3) is 6.08 Å². The van der Waals surface area contributed by atoms with Gasteiger partial charge in [0.1, 0.15) is 5.75 Å². The summed E-state index contributed by atoms with van der Waals surface area (Å²) in [7, 11) is 3.16. The first-order valence-corrected chi connectivity index (χ1v) is 8.36. The van der Waals surface area contributed by atoms with E-state index in [2.05, 4.69) is 15.9 Å². The van der Waals surface area contributed by atoms with Crippen molar-refractivity contribution in [1.82, 2.24) is 4.90 Å². The first kappa shape index (κ1) is 19.1. The van der Waals surface area contributed by atoms with Gasteiger partial charge < -0.3 is 9.64 Å². The summed E-state index contributed by atoms with van der Waals surface area (Å²) in [4.78, 5) is 13.8. The second kappa shape index (κ2) is 8.25. The number of rotatable bonds is 5. The van der Waals surface area contributed by atoms with Gasteiger partial charge in [-0.15, -0.1) is 0 Å². The van der Waals surface area contributed by atoms with Crippen molar-refractivity contribution < 1.29 is 18.3 Å². The highest BCUT2D eigenvalue weighted by Crippen LogP contribution is 2.25. The van der Waals surface area contributed by atoms with E-state index in [1.54, 1.807) is 33.2 Å². The van der Waals surface area contributed by atoms with E-state index in [1.807, 2.05) is 12.1 Å². The third-order valence-corrected chi connectivity index (χ3v) is 4.45. The fourth-order valence-electron chi connectivity index (χ4n) is 2.30. The van der Waals surface area contributed by atoms with E-state index in [0.717, 1.165) is 22.2 Å². The SMILES string of the molecule is COc1ccc(Br)cc1/C=C/C(=O)N(C)C(C)c1ccc(F)c(F)c1. The lowest BCUT2D eigenvalue weighted by Crippen LogP contribution is -2.28. The van der Waals surface area contributed by atoms with Crippen molar-refractivity contribution in [3.8, 4) is 5.75 Å². The monoisotopic (exact) mass is 409 g/mol. The minimum absolute atomic E-state index is 0.265. The van der Waals surface area contributed by atoms with Gasteiger partial charge in [-0.3, -0.25) is 4.79 Å². The van der Waals surface area contributed by atoms with Crippen molar-refractivity contribution in [3.05, 3.63) is 69.7 Å². The molecule has 0 radical (unpaired) electrons. The van der Waals surface area contributed by atoms with Gasteiger partial charge in [-0.25, -0.2) is 8.78 Å². The van der Waals surface area contributed by atoms with Crippen LogP contribution in [0.15, 0.2) is 46.9 Å². The van der Waals surface area contributed by atoms with Gasteiger partial charge in [0.25, 0.3) is 0 Å². The second-order valence-electron chi connectivity index (χ2n) is 5.52. The zero-order valence-electron chi connectivity index (χ0n) is 14.1. The van der Waals surface area contributed by atoms with Crippen LogP contribution in [0.3, 0.4) is 0 Å². The molecule has 0 aliphatic heterocycles. The molecular weight excluding hydrogens is 392 g/mol. The standard InChI is InChI=1S/C19H18BrF2NO2/c1-12(13-4-7-16(21)17(22)11-13)23(2)19(24)9-5-14-10-15(20)6-8-18(14)25-3/h4-12H,1-3H3/b9-5+. The summed E-state index contributed by atoms with van der Waals surface area (Å²) < 4.78 is 32.6.